The van der Waals surface area contributed by atoms with E-state index in [-0.39, 0.29) is 5.56 Å². The lowest BCUT2D eigenvalue weighted by Gasteiger charge is -2.12. The average Bonchev–Trinajstić information content (AvgIpc) is 3.33. The van der Waals surface area contributed by atoms with Gasteiger partial charge in [-0.05, 0) is 55.0 Å². The molecule has 2 heterocycles. The third kappa shape index (κ3) is 3.91. The Kier molecular flexibility index (Phi) is 5.77. The standard InChI is InChI=1S/C22H21N3O5S/c1-5-30-15-8-6-14(7-9-15)20-23-22-25(24-20)21(26)18(31-22)12-13-10-16(27-2)19(29-4)17(11-13)28-3/h6-12H,5H2,1-4H3. The highest BCUT2D eigenvalue weighted by Crippen LogP contribution is 2.38. The van der Waals surface area contributed by atoms with Crippen molar-refractivity contribution in [2.24, 2.45) is 0 Å². The van der Waals surface area contributed by atoms with Crippen LogP contribution >= 0.6 is 11.3 Å². The molecule has 0 spiro atoms. The summed E-state index contributed by atoms with van der Waals surface area (Å²) in [6.07, 6.45) is 1.75. The SMILES string of the molecule is CCOc1ccc(-c2nc3sc(=Cc4cc(OC)c(OC)c(OC)c4)c(=O)n3n2)cc1. The maximum absolute atomic E-state index is 12.9. The molecule has 0 N–H and O–H groups in total. The molecule has 8 nitrogen and oxygen atoms in total. The fraction of sp³-hybridized carbons (Fsp3) is 0.227. The van der Waals surface area contributed by atoms with Crippen LogP contribution in [0.3, 0.4) is 0 Å². The van der Waals surface area contributed by atoms with E-state index >= 15 is 0 Å². The minimum atomic E-state index is -0.238. The van der Waals surface area contributed by atoms with Gasteiger partial charge in [0.2, 0.25) is 10.7 Å². The molecule has 160 valence electrons. The summed E-state index contributed by atoms with van der Waals surface area (Å²) in [4.78, 5) is 17.9. The first kappa shape index (κ1) is 20.7. The van der Waals surface area contributed by atoms with Crippen LogP contribution in [-0.4, -0.2) is 42.5 Å². The van der Waals surface area contributed by atoms with Crippen LogP contribution < -0.4 is 29.0 Å². The number of nitrogens with zero attached hydrogens (tertiary/aromatic N) is 3. The fourth-order valence-electron chi connectivity index (χ4n) is 3.16. The topological polar surface area (TPSA) is 84.2 Å². The monoisotopic (exact) mass is 439 g/mol. The molecule has 9 heteroatoms. The van der Waals surface area contributed by atoms with E-state index in [9.17, 15) is 4.79 Å². The molecule has 0 saturated heterocycles. The van der Waals surface area contributed by atoms with Crippen molar-refractivity contribution in [3.05, 3.63) is 56.8 Å². The van der Waals surface area contributed by atoms with Gasteiger partial charge in [0.25, 0.3) is 5.56 Å². The molecule has 0 aliphatic carbocycles. The maximum Gasteiger partial charge on any atom is 0.291 e. The number of methoxy groups -OCH3 is 3. The molecule has 2 aromatic carbocycles. The summed E-state index contributed by atoms with van der Waals surface area (Å²) < 4.78 is 23.4. The summed E-state index contributed by atoms with van der Waals surface area (Å²) in [5.74, 6) is 2.78. The Labute approximate surface area is 182 Å². The van der Waals surface area contributed by atoms with E-state index in [1.54, 1.807) is 39.5 Å². The number of thiazole rings is 1. The smallest absolute Gasteiger partial charge is 0.291 e. The lowest BCUT2D eigenvalue weighted by molar-refractivity contribution is 0.324. The van der Waals surface area contributed by atoms with Crippen molar-refractivity contribution >= 4 is 22.4 Å². The zero-order valence-corrected chi connectivity index (χ0v) is 18.4. The van der Waals surface area contributed by atoms with E-state index in [1.165, 1.54) is 15.9 Å². The Morgan fingerprint density at radius 1 is 1.03 bits per heavy atom. The van der Waals surface area contributed by atoms with Crippen LogP contribution in [0.15, 0.2) is 41.2 Å². The van der Waals surface area contributed by atoms with Crippen molar-refractivity contribution in [1.82, 2.24) is 14.6 Å². The second kappa shape index (κ2) is 8.65. The number of ether oxygens (including phenoxy) is 4. The zero-order chi connectivity index (χ0) is 22.0. The molecular weight excluding hydrogens is 418 g/mol. The van der Waals surface area contributed by atoms with Gasteiger partial charge in [-0.25, -0.2) is 0 Å². The summed E-state index contributed by atoms with van der Waals surface area (Å²) in [5.41, 5.74) is 1.31. The normalized spacial score (nSPS) is 11.7. The largest absolute Gasteiger partial charge is 0.494 e. The highest BCUT2D eigenvalue weighted by atomic mass is 32.1. The van der Waals surface area contributed by atoms with Crippen LogP contribution in [0.5, 0.6) is 23.0 Å². The molecule has 0 amide bonds. The molecule has 0 bridgehead atoms. The molecule has 0 radical (unpaired) electrons. The Bertz CT molecular complexity index is 1300. The number of hydrogen-bond acceptors (Lipinski definition) is 8. The van der Waals surface area contributed by atoms with Crippen LogP contribution in [0.4, 0.5) is 0 Å². The molecule has 0 atom stereocenters. The van der Waals surface area contributed by atoms with E-state index in [1.807, 2.05) is 31.2 Å². The minimum Gasteiger partial charge on any atom is -0.494 e. The van der Waals surface area contributed by atoms with Gasteiger partial charge < -0.3 is 18.9 Å². The molecule has 0 aliphatic heterocycles. The van der Waals surface area contributed by atoms with Crippen molar-refractivity contribution < 1.29 is 18.9 Å². The quantitative estimate of drug-likeness (QED) is 0.438. The van der Waals surface area contributed by atoms with Crippen molar-refractivity contribution in [3.63, 3.8) is 0 Å². The highest BCUT2D eigenvalue weighted by Gasteiger charge is 2.15. The van der Waals surface area contributed by atoms with E-state index in [0.29, 0.717) is 39.2 Å². The van der Waals surface area contributed by atoms with Crippen molar-refractivity contribution in [2.45, 2.75) is 6.92 Å². The molecule has 0 saturated carbocycles. The Balaban J connectivity index is 1.73. The van der Waals surface area contributed by atoms with E-state index in [2.05, 4.69) is 10.1 Å². The maximum atomic E-state index is 12.9. The predicted octanol–water partition coefficient (Wildman–Crippen LogP) is 2.79. The van der Waals surface area contributed by atoms with Gasteiger partial charge in [0.15, 0.2) is 17.3 Å². The lowest BCUT2D eigenvalue weighted by atomic mass is 10.1. The molecule has 0 fully saturated rings. The molecule has 31 heavy (non-hydrogen) atoms. The second-order valence-electron chi connectivity index (χ2n) is 6.46. The van der Waals surface area contributed by atoms with Gasteiger partial charge in [0, 0.05) is 5.56 Å². The van der Waals surface area contributed by atoms with Gasteiger partial charge in [-0.2, -0.15) is 9.50 Å². The zero-order valence-electron chi connectivity index (χ0n) is 17.5. The summed E-state index contributed by atoms with van der Waals surface area (Å²) in [6.45, 7) is 2.53. The number of rotatable bonds is 7. The third-order valence-corrected chi connectivity index (χ3v) is 5.55. The number of aromatic nitrogens is 3. The summed E-state index contributed by atoms with van der Waals surface area (Å²) in [7, 11) is 4.64. The third-order valence-electron chi connectivity index (χ3n) is 4.59. The number of benzene rings is 2. The van der Waals surface area contributed by atoms with Gasteiger partial charge in [-0.3, -0.25) is 4.79 Å². The first-order valence-electron chi connectivity index (χ1n) is 9.52. The second-order valence-corrected chi connectivity index (χ2v) is 7.47. The Morgan fingerprint density at radius 2 is 1.71 bits per heavy atom. The molecule has 2 aromatic heterocycles. The average molecular weight is 439 g/mol. The van der Waals surface area contributed by atoms with E-state index in [0.717, 1.165) is 16.9 Å². The van der Waals surface area contributed by atoms with Gasteiger partial charge in [0.05, 0.1) is 32.5 Å². The number of fused-ring (bicyclic) bond motifs is 1. The van der Waals surface area contributed by atoms with Crippen LogP contribution in [0.2, 0.25) is 0 Å². The molecular formula is C22H21N3O5S. The van der Waals surface area contributed by atoms with Crippen molar-refractivity contribution in [2.75, 3.05) is 27.9 Å². The van der Waals surface area contributed by atoms with Crippen molar-refractivity contribution in [3.8, 4) is 34.4 Å². The Hall–Kier alpha value is -3.59. The number of hydrogen-bond donors (Lipinski definition) is 0. The van der Waals surface area contributed by atoms with Gasteiger partial charge >= 0.3 is 0 Å². The summed E-state index contributed by atoms with van der Waals surface area (Å²) in [6, 6.07) is 11.0. The van der Waals surface area contributed by atoms with Crippen LogP contribution in [0.1, 0.15) is 12.5 Å². The summed E-state index contributed by atoms with van der Waals surface area (Å²) in [5, 5.41) is 4.39. The van der Waals surface area contributed by atoms with Gasteiger partial charge in [0.1, 0.15) is 5.75 Å². The molecule has 0 aliphatic rings. The van der Waals surface area contributed by atoms with Crippen LogP contribution in [0, 0.1) is 0 Å². The lowest BCUT2D eigenvalue weighted by Crippen LogP contribution is -2.23. The minimum absolute atomic E-state index is 0.238. The van der Waals surface area contributed by atoms with Crippen molar-refractivity contribution in [1.29, 1.82) is 0 Å². The fourth-order valence-corrected chi connectivity index (χ4v) is 4.07. The molecule has 4 aromatic rings. The van der Waals surface area contributed by atoms with E-state index in [4.69, 9.17) is 18.9 Å². The van der Waals surface area contributed by atoms with Crippen LogP contribution in [-0.2, 0) is 0 Å². The van der Waals surface area contributed by atoms with Gasteiger partial charge in [-0.15, -0.1) is 5.10 Å². The van der Waals surface area contributed by atoms with E-state index < -0.39 is 0 Å². The predicted molar refractivity (Wildman–Crippen MR) is 119 cm³/mol. The first-order valence-corrected chi connectivity index (χ1v) is 10.3. The van der Waals surface area contributed by atoms with Crippen LogP contribution in [0.25, 0.3) is 22.4 Å². The highest BCUT2D eigenvalue weighted by molar-refractivity contribution is 7.15. The first-order chi connectivity index (χ1) is 15.1. The molecule has 4 rings (SSSR count). The van der Waals surface area contributed by atoms with Gasteiger partial charge in [-0.1, -0.05) is 11.3 Å². The summed E-state index contributed by atoms with van der Waals surface area (Å²) >= 11 is 1.27. The molecule has 0 unspecified atom stereocenters. The Morgan fingerprint density at radius 3 is 2.26 bits per heavy atom.